The summed E-state index contributed by atoms with van der Waals surface area (Å²) < 4.78 is 5.09. The minimum atomic E-state index is -0.240. The molecule has 2 rings (SSSR count). The molecule has 3 nitrogen and oxygen atoms in total. The topological polar surface area (TPSA) is 43.4 Å². The molecule has 0 radical (unpaired) electrons. The van der Waals surface area contributed by atoms with Crippen LogP contribution in [0.2, 0.25) is 0 Å². The molecule has 1 aliphatic rings. The van der Waals surface area contributed by atoms with Crippen LogP contribution in [0.3, 0.4) is 0 Å². The fourth-order valence-electron chi connectivity index (χ4n) is 2.22. The molecule has 0 amide bonds. The molecule has 128 valence electrons. The monoisotopic (exact) mass is 326 g/mol. The Kier molecular flexibility index (Phi) is 9.86. The highest BCUT2D eigenvalue weighted by Crippen LogP contribution is 2.29. The minimum Gasteiger partial charge on any atom is -0.423 e. The third-order valence-electron chi connectivity index (χ3n) is 3.42. The second kappa shape index (κ2) is 12.1. The molecule has 0 unspecified atom stereocenters. The van der Waals surface area contributed by atoms with Gasteiger partial charge in [0.05, 0.1) is 5.56 Å². The Morgan fingerprint density at radius 3 is 2.42 bits per heavy atom. The zero-order valence-corrected chi connectivity index (χ0v) is 14.5. The molecular weight excluding hydrogens is 300 g/mol. The number of rotatable bonds is 7. The van der Waals surface area contributed by atoms with Crippen molar-refractivity contribution in [3.63, 3.8) is 0 Å². The van der Waals surface area contributed by atoms with Crippen molar-refractivity contribution in [1.29, 1.82) is 0 Å². The lowest BCUT2D eigenvalue weighted by atomic mass is 10.1. The smallest absolute Gasteiger partial charge is 0.344 e. The van der Waals surface area contributed by atoms with E-state index >= 15 is 0 Å². The van der Waals surface area contributed by atoms with Crippen molar-refractivity contribution in [3.05, 3.63) is 65.8 Å². The van der Waals surface area contributed by atoms with Gasteiger partial charge in [0, 0.05) is 5.56 Å². The second-order valence-electron chi connectivity index (χ2n) is 5.36. The van der Waals surface area contributed by atoms with Gasteiger partial charge in [-0.1, -0.05) is 63.1 Å². The van der Waals surface area contributed by atoms with Gasteiger partial charge in [-0.25, -0.2) is 4.79 Å². The molecule has 0 atom stereocenters. The first-order chi connectivity index (χ1) is 11.7. The van der Waals surface area contributed by atoms with Gasteiger partial charge >= 0.3 is 5.97 Å². The number of hydrogen-bond acceptors (Lipinski definition) is 3. The Balaban J connectivity index is 0.000000245. The first kappa shape index (κ1) is 19.6. The molecule has 1 aromatic rings. The molecule has 0 saturated heterocycles. The lowest BCUT2D eigenvalue weighted by Gasteiger charge is -1.95. The molecule has 0 aliphatic carbocycles. The Morgan fingerprint density at radius 1 is 1.00 bits per heavy atom. The molecule has 1 heterocycles. The van der Waals surface area contributed by atoms with Crippen LogP contribution in [0, 0.1) is 0 Å². The van der Waals surface area contributed by atoms with Gasteiger partial charge in [0.25, 0.3) is 0 Å². The van der Waals surface area contributed by atoms with Crippen LogP contribution in [-0.2, 0) is 9.53 Å². The second-order valence-corrected chi connectivity index (χ2v) is 5.36. The minimum absolute atomic E-state index is 0.240. The highest BCUT2D eigenvalue weighted by Gasteiger charge is 2.24. The van der Waals surface area contributed by atoms with Gasteiger partial charge < -0.3 is 4.74 Å². The van der Waals surface area contributed by atoms with Crippen LogP contribution in [0.15, 0.2) is 54.6 Å². The molecule has 0 saturated carbocycles. The molecule has 1 aromatic carbocycles. The van der Waals surface area contributed by atoms with Gasteiger partial charge in [0.1, 0.15) is 12.0 Å². The highest BCUT2D eigenvalue weighted by molar-refractivity contribution is 6.02. The van der Waals surface area contributed by atoms with Crippen molar-refractivity contribution in [1.82, 2.24) is 0 Å². The van der Waals surface area contributed by atoms with E-state index in [-0.39, 0.29) is 5.97 Å². The van der Waals surface area contributed by atoms with Crippen molar-refractivity contribution in [2.45, 2.75) is 46.0 Å². The maximum absolute atomic E-state index is 11.3. The maximum Gasteiger partial charge on any atom is 0.344 e. The van der Waals surface area contributed by atoms with Crippen molar-refractivity contribution in [2.24, 2.45) is 0 Å². The number of hydrogen-bond donors (Lipinski definition) is 0. The van der Waals surface area contributed by atoms with Crippen LogP contribution < -0.4 is 0 Å². The predicted molar refractivity (Wildman–Crippen MR) is 98.6 cm³/mol. The largest absolute Gasteiger partial charge is 0.423 e. The van der Waals surface area contributed by atoms with E-state index in [4.69, 9.17) is 4.74 Å². The summed E-state index contributed by atoms with van der Waals surface area (Å²) in [5.74, 6) is 0.457. The number of esters is 1. The number of unbranched alkanes of at least 4 members (excludes halogenated alkanes) is 3. The number of carbonyl (C=O) groups is 2. The zero-order valence-electron chi connectivity index (χ0n) is 14.5. The van der Waals surface area contributed by atoms with Gasteiger partial charge in [-0.15, -0.1) is 0 Å². The average molecular weight is 326 g/mol. The molecule has 0 fully saturated rings. The van der Waals surface area contributed by atoms with E-state index < -0.39 is 0 Å². The summed E-state index contributed by atoms with van der Waals surface area (Å²) in [5, 5.41) is 0. The maximum atomic E-state index is 11.3. The molecule has 0 N–H and O–H groups in total. The lowest BCUT2D eigenvalue weighted by Crippen LogP contribution is -1.92. The fraction of sp³-hybridized carbons (Fsp3) is 0.333. The first-order valence-corrected chi connectivity index (χ1v) is 8.53. The van der Waals surface area contributed by atoms with E-state index in [9.17, 15) is 9.59 Å². The van der Waals surface area contributed by atoms with E-state index in [0.29, 0.717) is 11.3 Å². The van der Waals surface area contributed by atoms with E-state index in [0.717, 1.165) is 24.7 Å². The Morgan fingerprint density at radius 2 is 1.75 bits per heavy atom. The Labute approximate surface area is 144 Å². The number of benzene rings is 1. The third-order valence-corrected chi connectivity index (χ3v) is 3.42. The summed E-state index contributed by atoms with van der Waals surface area (Å²) in [5.41, 5.74) is 1.58. The SMILES string of the molecule is CC/C=C1\OC(=O)c2ccccc21.CCCCC/C=C/C=C/C=O. The summed E-state index contributed by atoms with van der Waals surface area (Å²) in [7, 11) is 0. The zero-order chi connectivity index (χ0) is 17.6. The average Bonchev–Trinajstić information content (AvgIpc) is 2.92. The van der Waals surface area contributed by atoms with Crippen molar-refractivity contribution >= 4 is 18.0 Å². The van der Waals surface area contributed by atoms with E-state index in [1.165, 1.54) is 25.3 Å². The fourth-order valence-corrected chi connectivity index (χ4v) is 2.22. The summed E-state index contributed by atoms with van der Waals surface area (Å²) in [6.45, 7) is 4.21. The van der Waals surface area contributed by atoms with Gasteiger partial charge in [0.15, 0.2) is 0 Å². The number of carbonyl (C=O) groups excluding carboxylic acids is 2. The van der Waals surface area contributed by atoms with E-state index in [1.54, 1.807) is 12.1 Å². The quantitative estimate of drug-likeness (QED) is 0.219. The van der Waals surface area contributed by atoms with Crippen molar-refractivity contribution in [2.75, 3.05) is 0 Å². The number of fused-ring (bicyclic) bond motifs is 1. The van der Waals surface area contributed by atoms with Crippen molar-refractivity contribution in [3.8, 4) is 0 Å². The van der Waals surface area contributed by atoms with Crippen molar-refractivity contribution < 1.29 is 14.3 Å². The third kappa shape index (κ3) is 6.78. The molecule has 24 heavy (non-hydrogen) atoms. The molecule has 0 bridgehead atoms. The molecule has 1 aliphatic heterocycles. The number of cyclic esters (lactones) is 1. The van der Waals surface area contributed by atoms with Gasteiger partial charge in [0.2, 0.25) is 0 Å². The number of allylic oxidation sites excluding steroid dienone is 5. The van der Waals surface area contributed by atoms with Crippen LogP contribution in [0.5, 0.6) is 0 Å². The lowest BCUT2D eigenvalue weighted by molar-refractivity contribution is -0.104. The summed E-state index contributed by atoms with van der Waals surface area (Å²) in [6, 6.07) is 7.44. The summed E-state index contributed by atoms with van der Waals surface area (Å²) in [6.07, 6.45) is 15.8. The Hall–Kier alpha value is -2.42. The van der Waals surface area contributed by atoms with E-state index in [2.05, 4.69) is 13.0 Å². The van der Waals surface area contributed by atoms with E-state index in [1.807, 2.05) is 37.3 Å². The van der Waals surface area contributed by atoms with Crippen LogP contribution >= 0.6 is 0 Å². The van der Waals surface area contributed by atoms with Gasteiger partial charge in [-0.3, -0.25) is 4.79 Å². The summed E-state index contributed by atoms with van der Waals surface area (Å²) >= 11 is 0. The molecule has 0 aromatic heterocycles. The summed E-state index contributed by atoms with van der Waals surface area (Å²) in [4.78, 5) is 21.1. The van der Waals surface area contributed by atoms with Gasteiger partial charge in [-0.2, -0.15) is 0 Å². The number of ether oxygens (including phenoxy) is 1. The first-order valence-electron chi connectivity index (χ1n) is 8.53. The normalized spacial score (nSPS) is 14.6. The molecular formula is C21H26O3. The van der Waals surface area contributed by atoms with Crippen LogP contribution in [0.25, 0.3) is 5.76 Å². The van der Waals surface area contributed by atoms with Gasteiger partial charge in [-0.05, 0) is 37.5 Å². The Bertz CT molecular complexity index is 609. The molecule has 0 spiro atoms. The molecule has 3 heteroatoms. The number of aldehydes is 1. The van der Waals surface area contributed by atoms with Crippen LogP contribution in [0.1, 0.15) is 61.9 Å². The highest BCUT2D eigenvalue weighted by atomic mass is 16.5. The predicted octanol–water partition coefficient (Wildman–Crippen LogP) is 5.49. The standard InChI is InChI=1S/C11H10O2.C10H16O/c1-2-5-10-8-6-3-4-7-9(8)11(12)13-10;1-2-3-4-5-6-7-8-9-10-11/h3-7H,2H2,1H3;6-10H,2-5H2,1H3/b10-5-;7-6+,9-8+. The van der Waals surface area contributed by atoms with Crippen LogP contribution in [0.4, 0.5) is 0 Å². The van der Waals surface area contributed by atoms with Crippen LogP contribution in [-0.4, -0.2) is 12.3 Å².